The van der Waals surface area contributed by atoms with Crippen molar-refractivity contribution < 1.29 is 4.79 Å². The second-order valence-corrected chi connectivity index (χ2v) is 5.21. The smallest absolute Gasteiger partial charge is 0.268 e. The Balaban J connectivity index is 1.92. The molecule has 0 saturated carbocycles. The molecule has 0 spiro atoms. The van der Waals surface area contributed by atoms with E-state index in [2.05, 4.69) is 33.2 Å². The number of rotatable bonds is 6. The number of nitrogens with one attached hydrogen (secondary N) is 1. The zero-order chi connectivity index (χ0) is 13.7. The minimum atomic E-state index is -0.0423. The van der Waals surface area contributed by atoms with E-state index in [0.717, 1.165) is 24.0 Å². The van der Waals surface area contributed by atoms with E-state index in [-0.39, 0.29) is 5.91 Å². The maximum Gasteiger partial charge on any atom is 0.268 e. The Hall–Kier alpha value is -1.56. The molecule has 19 heavy (non-hydrogen) atoms. The van der Waals surface area contributed by atoms with Crippen LogP contribution in [0.2, 0.25) is 0 Å². The summed E-state index contributed by atoms with van der Waals surface area (Å²) in [6, 6.07) is 1.85. The summed E-state index contributed by atoms with van der Waals surface area (Å²) in [6.45, 7) is 4.25. The van der Waals surface area contributed by atoms with Crippen molar-refractivity contribution in [2.45, 2.75) is 26.4 Å². The van der Waals surface area contributed by atoms with Gasteiger partial charge in [0.15, 0.2) is 0 Å². The SMILES string of the molecule is CCCn1cc(Br)cc1C(=O)NCCn1ccnc1. The molecule has 0 atom stereocenters. The van der Waals surface area contributed by atoms with Crippen LogP contribution in [0, 0.1) is 0 Å². The van der Waals surface area contributed by atoms with Crippen molar-refractivity contribution in [2.24, 2.45) is 0 Å². The third-order valence-electron chi connectivity index (χ3n) is 2.78. The average Bonchev–Trinajstić information content (AvgIpc) is 2.99. The van der Waals surface area contributed by atoms with Gasteiger partial charge in [-0.15, -0.1) is 0 Å². The summed E-state index contributed by atoms with van der Waals surface area (Å²) in [5, 5.41) is 2.92. The molecule has 0 aromatic carbocycles. The third-order valence-corrected chi connectivity index (χ3v) is 3.21. The molecule has 0 radical (unpaired) electrons. The number of aryl methyl sites for hydroxylation is 1. The Morgan fingerprint density at radius 1 is 1.47 bits per heavy atom. The van der Waals surface area contributed by atoms with Crippen molar-refractivity contribution in [3.8, 4) is 0 Å². The molecule has 2 aromatic rings. The van der Waals surface area contributed by atoms with Crippen molar-refractivity contribution >= 4 is 21.8 Å². The summed E-state index contributed by atoms with van der Waals surface area (Å²) < 4.78 is 4.83. The van der Waals surface area contributed by atoms with Gasteiger partial charge in [-0.1, -0.05) is 6.92 Å². The van der Waals surface area contributed by atoms with Crippen LogP contribution >= 0.6 is 15.9 Å². The van der Waals surface area contributed by atoms with E-state index in [1.165, 1.54) is 0 Å². The zero-order valence-corrected chi connectivity index (χ0v) is 12.4. The van der Waals surface area contributed by atoms with E-state index < -0.39 is 0 Å². The lowest BCUT2D eigenvalue weighted by atomic mass is 10.3. The highest BCUT2D eigenvalue weighted by Crippen LogP contribution is 2.15. The maximum absolute atomic E-state index is 12.1. The number of aromatic nitrogens is 3. The number of hydrogen-bond acceptors (Lipinski definition) is 2. The molecule has 0 aliphatic carbocycles. The number of imidazole rings is 1. The summed E-state index contributed by atoms with van der Waals surface area (Å²) in [5.74, 6) is -0.0423. The van der Waals surface area contributed by atoms with Gasteiger partial charge >= 0.3 is 0 Å². The summed E-state index contributed by atoms with van der Waals surface area (Å²) in [6.07, 6.45) is 8.28. The third kappa shape index (κ3) is 3.70. The molecule has 2 heterocycles. The van der Waals surface area contributed by atoms with Gasteiger partial charge in [0.1, 0.15) is 5.69 Å². The van der Waals surface area contributed by atoms with Gasteiger partial charge in [0.25, 0.3) is 5.91 Å². The molecule has 0 fully saturated rings. The molecule has 1 N–H and O–H groups in total. The van der Waals surface area contributed by atoms with Crippen molar-refractivity contribution in [1.82, 2.24) is 19.4 Å². The first-order chi connectivity index (χ1) is 9.20. The predicted molar refractivity (Wildman–Crippen MR) is 77.0 cm³/mol. The molecular weight excluding hydrogens is 308 g/mol. The number of carbonyl (C=O) groups excluding carboxylic acids is 1. The fourth-order valence-electron chi connectivity index (χ4n) is 1.90. The Morgan fingerprint density at radius 2 is 2.32 bits per heavy atom. The average molecular weight is 325 g/mol. The lowest BCUT2D eigenvalue weighted by Gasteiger charge is -2.08. The minimum absolute atomic E-state index is 0.0423. The first-order valence-corrected chi connectivity index (χ1v) is 7.09. The number of carbonyl (C=O) groups is 1. The largest absolute Gasteiger partial charge is 0.349 e. The van der Waals surface area contributed by atoms with E-state index in [1.54, 1.807) is 12.5 Å². The Morgan fingerprint density at radius 3 is 3.00 bits per heavy atom. The molecule has 6 heteroatoms. The highest BCUT2D eigenvalue weighted by Gasteiger charge is 2.11. The van der Waals surface area contributed by atoms with Crippen molar-refractivity contribution in [3.63, 3.8) is 0 Å². The van der Waals surface area contributed by atoms with Crippen LogP contribution in [0.15, 0.2) is 35.5 Å². The summed E-state index contributed by atoms with van der Waals surface area (Å²) in [7, 11) is 0. The summed E-state index contributed by atoms with van der Waals surface area (Å²) in [5.41, 5.74) is 0.694. The van der Waals surface area contributed by atoms with Crippen LogP contribution in [0.25, 0.3) is 0 Å². The topological polar surface area (TPSA) is 51.9 Å². The highest BCUT2D eigenvalue weighted by molar-refractivity contribution is 9.10. The van der Waals surface area contributed by atoms with Gasteiger partial charge in [0.2, 0.25) is 0 Å². The van der Waals surface area contributed by atoms with Crippen molar-refractivity contribution in [2.75, 3.05) is 6.54 Å². The summed E-state index contributed by atoms with van der Waals surface area (Å²) >= 11 is 3.41. The van der Waals surface area contributed by atoms with Crippen molar-refractivity contribution in [3.05, 3.63) is 41.2 Å². The molecule has 0 saturated heterocycles. The molecular formula is C13H17BrN4O. The molecule has 102 valence electrons. The second kappa shape index (κ2) is 6.56. The summed E-state index contributed by atoms with van der Waals surface area (Å²) in [4.78, 5) is 16.1. The quantitative estimate of drug-likeness (QED) is 0.886. The maximum atomic E-state index is 12.1. The van der Waals surface area contributed by atoms with Crippen LogP contribution in [0.4, 0.5) is 0 Å². The minimum Gasteiger partial charge on any atom is -0.349 e. The molecule has 0 bridgehead atoms. The van der Waals surface area contributed by atoms with Gasteiger partial charge in [-0.3, -0.25) is 4.79 Å². The molecule has 2 rings (SSSR count). The first kappa shape index (κ1) is 13.9. The van der Waals surface area contributed by atoms with Crippen LogP contribution < -0.4 is 5.32 Å². The van der Waals surface area contributed by atoms with Gasteiger partial charge < -0.3 is 14.5 Å². The second-order valence-electron chi connectivity index (χ2n) is 4.29. The van der Waals surface area contributed by atoms with Gasteiger partial charge in [-0.05, 0) is 28.4 Å². The molecule has 1 amide bonds. The number of hydrogen-bond donors (Lipinski definition) is 1. The van der Waals surface area contributed by atoms with Crippen LogP contribution in [0.1, 0.15) is 23.8 Å². The van der Waals surface area contributed by atoms with E-state index in [1.807, 2.05) is 27.6 Å². The number of halogens is 1. The van der Waals surface area contributed by atoms with E-state index >= 15 is 0 Å². The highest BCUT2D eigenvalue weighted by atomic mass is 79.9. The zero-order valence-electron chi connectivity index (χ0n) is 10.8. The Labute approximate surface area is 120 Å². The van der Waals surface area contributed by atoms with E-state index in [4.69, 9.17) is 0 Å². The lowest BCUT2D eigenvalue weighted by molar-refractivity contribution is 0.0943. The fraction of sp³-hybridized carbons (Fsp3) is 0.385. The predicted octanol–water partition coefficient (Wildman–Crippen LogP) is 2.29. The molecule has 0 aliphatic rings. The van der Waals surface area contributed by atoms with Crippen LogP contribution in [0.5, 0.6) is 0 Å². The van der Waals surface area contributed by atoms with Gasteiger partial charge in [-0.2, -0.15) is 0 Å². The monoisotopic (exact) mass is 324 g/mol. The molecule has 0 aliphatic heterocycles. The van der Waals surface area contributed by atoms with E-state index in [9.17, 15) is 4.79 Å². The molecule has 0 unspecified atom stereocenters. The molecule has 2 aromatic heterocycles. The van der Waals surface area contributed by atoms with Gasteiger partial charge in [-0.25, -0.2) is 4.98 Å². The lowest BCUT2D eigenvalue weighted by Crippen LogP contribution is -2.28. The normalized spacial score (nSPS) is 10.6. The fourth-order valence-corrected chi connectivity index (χ4v) is 2.36. The number of amides is 1. The molecule has 5 nitrogen and oxygen atoms in total. The first-order valence-electron chi connectivity index (χ1n) is 6.30. The standard InChI is InChI=1S/C13H17BrN4O/c1-2-5-18-9-11(14)8-12(18)13(19)16-4-7-17-6-3-15-10-17/h3,6,8-10H,2,4-5,7H2,1H3,(H,16,19). The van der Waals surface area contributed by atoms with Crippen molar-refractivity contribution in [1.29, 1.82) is 0 Å². The number of nitrogens with zero attached hydrogens (tertiary/aromatic N) is 3. The van der Waals surface area contributed by atoms with Crippen LogP contribution in [0.3, 0.4) is 0 Å². The van der Waals surface area contributed by atoms with Crippen LogP contribution in [-0.4, -0.2) is 26.6 Å². The Kier molecular flexibility index (Phi) is 4.79. The van der Waals surface area contributed by atoms with Gasteiger partial charge in [0.05, 0.1) is 6.33 Å². The van der Waals surface area contributed by atoms with Crippen LogP contribution in [-0.2, 0) is 13.1 Å². The van der Waals surface area contributed by atoms with E-state index in [0.29, 0.717) is 12.2 Å². The Bertz CT molecular complexity index is 533. The van der Waals surface area contributed by atoms with Gasteiger partial charge in [0, 0.05) is 42.7 Å².